The summed E-state index contributed by atoms with van der Waals surface area (Å²) in [6.45, 7) is 16.4. The van der Waals surface area contributed by atoms with E-state index in [1.807, 2.05) is 0 Å². The van der Waals surface area contributed by atoms with E-state index >= 15 is 0 Å². The minimum absolute atomic E-state index is 0.362. The Labute approximate surface area is 347 Å². The first kappa shape index (κ1) is 47.2. The summed E-state index contributed by atoms with van der Waals surface area (Å²) in [5, 5.41) is 28.6. The van der Waals surface area contributed by atoms with Crippen LogP contribution in [-0.2, 0) is 38.9 Å². The van der Waals surface area contributed by atoms with Crippen molar-refractivity contribution in [3.63, 3.8) is 0 Å². The van der Waals surface area contributed by atoms with Gasteiger partial charge < -0.3 is 14.2 Å². The van der Waals surface area contributed by atoms with Gasteiger partial charge in [0.15, 0.2) is 0 Å². The Hall–Kier alpha value is -4.18. The Balaban J connectivity index is 1.90. The van der Waals surface area contributed by atoms with Crippen molar-refractivity contribution in [1.82, 2.24) is 0 Å². The van der Waals surface area contributed by atoms with Gasteiger partial charge in [0.25, 0.3) is 0 Å². The number of nitrogens with zero attached hydrogens (tertiary/aromatic N) is 6. The first-order chi connectivity index (χ1) is 28.0. The van der Waals surface area contributed by atoms with Crippen molar-refractivity contribution in [3.05, 3.63) is 99.1 Å². The lowest BCUT2D eigenvalue weighted by Crippen LogP contribution is -2.03. The molecule has 10 heteroatoms. The standard InChI is InChI=1S/C47H72N6O3Si/c1-7-13-16-19-31-54-43-37(10-4)25-22-28-40(43)34-48-51-46(52-49-35-41-29-23-26-38(11-5)44(41)55-32-20-17-14-8-2)47(57)53-50-36-42-30-24-27-39(12-6)45(42)56-33-21-18-15-9-3/h22-30H,7-21,31-36H2,1-6,57H3. The SMILES string of the molecule is CCCCCCOc1c(CC)cccc1CN=NC([SiH3])=C(N=NCc1cccc(CC)c1OCCCCCC)N=NCc1cccc(CC)c1OCCCCCC. The number of hydrogen-bond acceptors (Lipinski definition) is 9. The number of aryl methyl sites for hydroxylation is 3. The molecular formula is C47H72N6O3Si. The Morgan fingerprint density at radius 2 is 0.737 bits per heavy atom. The largest absolute Gasteiger partial charge is 0.493 e. The summed E-state index contributed by atoms with van der Waals surface area (Å²) < 4.78 is 19.1. The molecule has 0 radical (unpaired) electrons. The average molecular weight is 797 g/mol. The predicted octanol–water partition coefficient (Wildman–Crippen LogP) is 13.0. The molecule has 3 aromatic carbocycles. The van der Waals surface area contributed by atoms with E-state index in [1.165, 1.54) is 74.5 Å². The monoisotopic (exact) mass is 797 g/mol. The quantitative estimate of drug-likeness (QED) is 0.0381. The molecule has 0 spiro atoms. The van der Waals surface area contributed by atoms with Crippen molar-refractivity contribution >= 4 is 10.2 Å². The van der Waals surface area contributed by atoms with Gasteiger partial charge in [-0.2, -0.15) is 20.5 Å². The molecule has 0 unspecified atom stereocenters. The molecule has 0 atom stereocenters. The van der Waals surface area contributed by atoms with Crippen molar-refractivity contribution in [1.29, 1.82) is 0 Å². The minimum atomic E-state index is 0.362. The van der Waals surface area contributed by atoms with Crippen LogP contribution in [0, 0.1) is 0 Å². The van der Waals surface area contributed by atoms with Gasteiger partial charge in [0.2, 0.25) is 5.82 Å². The highest BCUT2D eigenvalue weighted by atomic mass is 28.1. The second-order valence-electron chi connectivity index (χ2n) is 14.6. The highest BCUT2D eigenvalue weighted by Gasteiger charge is 2.12. The summed E-state index contributed by atoms with van der Waals surface area (Å²) in [4.78, 5) is 0. The summed E-state index contributed by atoms with van der Waals surface area (Å²) in [5.41, 5.74) is 6.60. The number of para-hydroxylation sites is 3. The molecule has 0 bridgehead atoms. The van der Waals surface area contributed by atoms with Crippen LogP contribution in [0.5, 0.6) is 17.2 Å². The van der Waals surface area contributed by atoms with Gasteiger partial charge in [-0.15, -0.1) is 10.2 Å². The maximum absolute atomic E-state index is 6.36. The maximum atomic E-state index is 6.36. The molecule has 0 aliphatic heterocycles. The van der Waals surface area contributed by atoms with Gasteiger partial charge in [-0.1, -0.05) is 154 Å². The third kappa shape index (κ3) is 17.1. The summed E-state index contributed by atoms with van der Waals surface area (Å²) in [6.07, 6.45) is 16.6. The van der Waals surface area contributed by atoms with Crippen LogP contribution in [0.2, 0.25) is 0 Å². The van der Waals surface area contributed by atoms with Crippen LogP contribution >= 0.6 is 0 Å². The molecule has 3 aromatic rings. The van der Waals surface area contributed by atoms with Crippen molar-refractivity contribution in [2.45, 2.75) is 157 Å². The van der Waals surface area contributed by atoms with Crippen molar-refractivity contribution in [2.24, 2.45) is 30.7 Å². The summed E-state index contributed by atoms with van der Waals surface area (Å²) >= 11 is 0. The van der Waals surface area contributed by atoms with E-state index in [1.54, 1.807) is 0 Å². The normalized spacial score (nSPS) is 11.7. The Bertz CT molecular complexity index is 1630. The van der Waals surface area contributed by atoms with Gasteiger partial charge in [-0.05, 0) is 55.2 Å². The van der Waals surface area contributed by atoms with E-state index in [0.29, 0.717) is 60.8 Å². The number of benzene rings is 3. The van der Waals surface area contributed by atoms with E-state index in [0.717, 1.165) is 72.5 Å². The molecule has 9 nitrogen and oxygen atoms in total. The molecule has 57 heavy (non-hydrogen) atoms. The molecule has 0 saturated heterocycles. The Morgan fingerprint density at radius 1 is 0.421 bits per heavy atom. The number of ether oxygens (including phenoxy) is 3. The smallest absolute Gasteiger partial charge is 0.213 e. The van der Waals surface area contributed by atoms with Crippen molar-refractivity contribution in [2.75, 3.05) is 19.8 Å². The van der Waals surface area contributed by atoms with Crippen LogP contribution in [0.15, 0.2) is 96.4 Å². The lowest BCUT2D eigenvalue weighted by atomic mass is 10.1. The first-order valence-electron chi connectivity index (χ1n) is 22.0. The number of unbranched alkanes of at least 4 members (excludes halogenated alkanes) is 9. The third-order valence-corrected chi connectivity index (χ3v) is 10.7. The second-order valence-corrected chi connectivity index (χ2v) is 15.6. The van der Waals surface area contributed by atoms with Gasteiger partial charge in [0.05, 0.1) is 55.0 Å². The molecule has 0 aromatic heterocycles. The molecule has 0 amide bonds. The zero-order valence-corrected chi connectivity index (χ0v) is 38.5. The molecule has 0 aliphatic carbocycles. The molecule has 312 valence electrons. The lowest BCUT2D eigenvalue weighted by molar-refractivity contribution is 0.299. The van der Waals surface area contributed by atoms with Crippen LogP contribution in [0.1, 0.15) is 152 Å². The molecule has 0 aliphatic rings. The zero-order valence-electron chi connectivity index (χ0n) is 36.5. The number of rotatable bonds is 30. The van der Waals surface area contributed by atoms with E-state index < -0.39 is 0 Å². The maximum Gasteiger partial charge on any atom is 0.213 e. The van der Waals surface area contributed by atoms with Crippen molar-refractivity contribution in [3.8, 4) is 17.2 Å². The molecule has 0 heterocycles. The highest BCUT2D eigenvalue weighted by Crippen LogP contribution is 2.29. The molecule has 0 saturated carbocycles. The molecule has 0 fully saturated rings. The molecule has 3 rings (SSSR count). The van der Waals surface area contributed by atoms with E-state index in [-0.39, 0.29) is 0 Å². The van der Waals surface area contributed by atoms with Gasteiger partial charge in [0.1, 0.15) is 17.2 Å². The third-order valence-electron chi connectivity index (χ3n) is 10.0. The fourth-order valence-corrected chi connectivity index (χ4v) is 6.91. The molecule has 0 N–H and O–H groups in total. The zero-order chi connectivity index (χ0) is 40.9. The summed E-state index contributed by atoms with van der Waals surface area (Å²) in [7, 11) is 0.552. The van der Waals surface area contributed by atoms with Crippen LogP contribution in [0.25, 0.3) is 0 Å². The van der Waals surface area contributed by atoms with Crippen LogP contribution in [0.4, 0.5) is 0 Å². The number of azo groups is 3. The van der Waals surface area contributed by atoms with Crippen LogP contribution in [0.3, 0.4) is 0 Å². The Kier molecular flexibility index (Phi) is 24.1. The van der Waals surface area contributed by atoms with Gasteiger partial charge in [-0.3, -0.25) is 0 Å². The predicted molar refractivity (Wildman–Crippen MR) is 239 cm³/mol. The number of hydrogen-bond donors (Lipinski definition) is 0. The van der Waals surface area contributed by atoms with Crippen molar-refractivity contribution < 1.29 is 14.2 Å². The van der Waals surface area contributed by atoms with Crippen LogP contribution < -0.4 is 14.2 Å². The minimum Gasteiger partial charge on any atom is -0.493 e. The summed E-state index contributed by atoms with van der Waals surface area (Å²) in [6, 6.07) is 18.8. The van der Waals surface area contributed by atoms with Gasteiger partial charge in [0, 0.05) is 16.7 Å². The van der Waals surface area contributed by atoms with E-state index in [4.69, 9.17) is 14.2 Å². The fraction of sp³-hybridized carbons (Fsp3) is 0.574. The first-order valence-corrected chi connectivity index (χ1v) is 23.0. The highest BCUT2D eigenvalue weighted by molar-refractivity contribution is 6.21. The lowest BCUT2D eigenvalue weighted by Gasteiger charge is -2.14. The second kappa shape index (κ2) is 29.1. The van der Waals surface area contributed by atoms with E-state index in [9.17, 15) is 0 Å². The van der Waals surface area contributed by atoms with E-state index in [2.05, 4.69) is 127 Å². The topological polar surface area (TPSA) is 102 Å². The fourth-order valence-electron chi connectivity index (χ4n) is 6.57. The molecular weight excluding hydrogens is 725 g/mol. The Morgan fingerprint density at radius 3 is 1.05 bits per heavy atom. The summed E-state index contributed by atoms with van der Waals surface area (Å²) in [5.74, 6) is 3.15. The van der Waals surface area contributed by atoms with Crippen LogP contribution in [-0.4, -0.2) is 30.1 Å². The van der Waals surface area contributed by atoms with Gasteiger partial charge >= 0.3 is 0 Å². The van der Waals surface area contributed by atoms with Gasteiger partial charge in [-0.25, -0.2) is 0 Å². The average Bonchev–Trinajstić information content (AvgIpc) is 3.23.